The summed E-state index contributed by atoms with van der Waals surface area (Å²) in [5, 5.41) is 9.76. The highest BCUT2D eigenvalue weighted by Gasteiger charge is 2.14. The van der Waals surface area contributed by atoms with Gasteiger partial charge in [0.05, 0.1) is 28.8 Å². The van der Waals surface area contributed by atoms with Gasteiger partial charge in [-0.3, -0.25) is 9.36 Å². The lowest BCUT2D eigenvalue weighted by Crippen LogP contribution is -2.21. The molecule has 0 aliphatic rings. The molecule has 2 aromatic heterocycles. The smallest absolute Gasteiger partial charge is 0.266 e. The summed E-state index contributed by atoms with van der Waals surface area (Å²) in [5.74, 6) is 0.562. The first kappa shape index (κ1) is 19.3. The fraction of sp³-hybridized carbons (Fsp3) is 0.0833. The van der Waals surface area contributed by atoms with E-state index >= 15 is 0 Å². The average molecular weight is 426 g/mol. The monoisotopic (exact) mass is 425 g/mol. The van der Waals surface area contributed by atoms with E-state index in [9.17, 15) is 4.79 Å². The quantitative estimate of drug-likeness (QED) is 0.299. The maximum absolute atomic E-state index is 13.2. The van der Waals surface area contributed by atoms with Crippen molar-refractivity contribution >= 4 is 22.7 Å². The number of rotatable bonds is 6. The number of aromatic nitrogens is 5. The van der Waals surface area contributed by atoms with Crippen LogP contribution < -0.4 is 5.56 Å². The predicted octanol–water partition coefficient (Wildman–Crippen LogP) is 4.32. The molecule has 0 fully saturated rings. The minimum absolute atomic E-state index is 0.0768. The van der Waals surface area contributed by atoms with E-state index in [-0.39, 0.29) is 5.56 Å². The Morgan fingerprint density at radius 2 is 1.55 bits per heavy atom. The maximum atomic E-state index is 13.2. The SMILES string of the molecule is O=c1c2ccccc2nc(SCc2cn(Cc3ccccc3)nn2)n1-c1ccccc1. The van der Waals surface area contributed by atoms with Crippen molar-refractivity contribution in [2.24, 2.45) is 0 Å². The van der Waals surface area contributed by atoms with Gasteiger partial charge >= 0.3 is 0 Å². The number of hydrogen-bond acceptors (Lipinski definition) is 5. The fourth-order valence-electron chi connectivity index (χ4n) is 3.40. The summed E-state index contributed by atoms with van der Waals surface area (Å²) in [4.78, 5) is 18.0. The standard InChI is InChI=1S/C24H19N5OS/c30-23-21-13-7-8-14-22(21)25-24(29(23)20-11-5-2-6-12-20)31-17-19-16-28(27-26-19)15-18-9-3-1-4-10-18/h1-14,16H,15,17H2. The summed E-state index contributed by atoms with van der Waals surface area (Å²) in [6.07, 6.45) is 1.94. The number of nitrogens with zero attached hydrogens (tertiary/aromatic N) is 5. The van der Waals surface area contributed by atoms with Crippen molar-refractivity contribution < 1.29 is 0 Å². The average Bonchev–Trinajstić information content (AvgIpc) is 3.26. The lowest BCUT2D eigenvalue weighted by atomic mass is 10.2. The summed E-state index contributed by atoms with van der Waals surface area (Å²) in [7, 11) is 0. The molecule has 0 amide bonds. The van der Waals surface area contributed by atoms with Gasteiger partial charge in [-0.05, 0) is 29.8 Å². The Morgan fingerprint density at radius 3 is 2.35 bits per heavy atom. The Bertz CT molecular complexity index is 1380. The minimum Gasteiger partial charge on any atom is -0.268 e. The van der Waals surface area contributed by atoms with Gasteiger partial charge in [-0.25, -0.2) is 9.67 Å². The van der Waals surface area contributed by atoms with Crippen LogP contribution in [0.3, 0.4) is 0 Å². The van der Waals surface area contributed by atoms with Crippen LogP contribution in [0.15, 0.2) is 101 Å². The Kier molecular flexibility index (Phi) is 5.33. The third-order valence-corrected chi connectivity index (χ3v) is 5.85. The van der Waals surface area contributed by atoms with Gasteiger partial charge in [0.2, 0.25) is 0 Å². The zero-order valence-electron chi connectivity index (χ0n) is 16.6. The summed E-state index contributed by atoms with van der Waals surface area (Å²) in [6, 6.07) is 27.2. The van der Waals surface area contributed by atoms with Crippen LogP contribution in [0, 0.1) is 0 Å². The molecule has 0 aliphatic heterocycles. The van der Waals surface area contributed by atoms with Crippen LogP contribution in [0.5, 0.6) is 0 Å². The number of para-hydroxylation sites is 2. The molecular formula is C24H19N5OS. The van der Waals surface area contributed by atoms with Gasteiger partial charge in [0.15, 0.2) is 5.16 Å². The summed E-state index contributed by atoms with van der Waals surface area (Å²) in [5.41, 5.74) is 3.41. The largest absolute Gasteiger partial charge is 0.268 e. The van der Waals surface area contributed by atoms with Crippen molar-refractivity contribution in [1.29, 1.82) is 0 Å². The molecule has 31 heavy (non-hydrogen) atoms. The Labute approximate surface area is 183 Å². The second-order valence-electron chi connectivity index (χ2n) is 7.07. The third-order valence-electron chi connectivity index (χ3n) is 4.88. The topological polar surface area (TPSA) is 65.6 Å². The summed E-state index contributed by atoms with van der Waals surface area (Å²) >= 11 is 1.48. The molecule has 3 aromatic carbocycles. The predicted molar refractivity (Wildman–Crippen MR) is 122 cm³/mol. The van der Waals surface area contributed by atoms with Gasteiger partial charge in [0.25, 0.3) is 5.56 Å². The lowest BCUT2D eigenvalue weighted by molar-refractivity contribution is 0.649. The number of benzene rings is 3. The molecule has 0 spiro atoms. The molecule has 0 aliphatic carbocycles. The van der Waals surface area contributed by atoms with E-state index in [0.717, 1.165) is 11.4 Å². The van der Waals surface area contributed by atoms with Crippen molar-refractivity contribution in [2.45, 2.75) is 17.5 Å². The molecule has 0 saturated carbocycles. The Hall–Kier alpha value is -3.71. The van der Waals surface area contributed by atoms with Crippen molar-refractivity contribution in [1.82, 2.24) is 24.5 Å². The molecule has 2 heterocycles. The summed E-state index contributed by atoms with van der Waals surface area (Å²) < 4.78 is 3.49. The van der Waals surface area contributed by atoms with Crippen LogP contribution in [0.4, 0.5) is 0 Å². The first-order valence-electron chi connectivity index (χ1n) is 9.91. The number of hydrogen-bond donors (Lipinski definition) is 0. The van der Waals surface area contributed by atoms with Gasteiger partial charge in [0, 0.05) is 11.9 Å². The van der Waals surface area contributed by atoms with Gasteiger partial charge in [0.1, 0.15) is 0 Å². The first-order chi connectivity index (χ1) is 15.3. The van der Waals surface area contributed by atoms with Crippen molar-refractivity contribution in [2.75, 3.05) is 0 Å². The van der Waals surface area contributed by atoms with Crippen LogP contribution in [-0.2, 0) is 12.3 Å². The molecular weight excluding hydrogens is 406 g/mol. The second-order valence-corrected chi connectivity index (χ2v) is 8.01. The van der Waals surface area contributed by atoms with E-state index in [0.29, 0.717) is 28.4 Å². The second kappa shape index (κ2) is 8.57. The first-order valence-corrected chi connectivity index (χ1v) is 10.9. The van der Waals surface area contributed by atoms with Crippen LogP contribution in [-0.4, -0.2) is 24.5 Å². The van der Waals surface area contributed by atoms with E-state index in [1.165, 1.54) is 17.3 Å². The van der Waals surface area contributed by atoms with Crippen LogP contribution in [0.25, 0.3) is 16.6 Å². The molecule has 5 rings (SSSR count). The van der Waals surface area contributed by atoms with Crippen molar-refractivity contribution in [3.63, 3.8) is 0 Å². The van der Waals surface area contributed by atoms with E-state index < -0.39 is 0 Å². The van der Waals surface area contributed by atoms with E-state index in [1.54, 1.807) is 4.57 Å². The molecule has 7 heteroatoms. The lowest BCUT2D eigenvalue weighted by Gasteiger charge is -2.12. The fourth-order valence-corrected chi connectivity index (χ4v) is 4.29. The highest BCUT2D eigenvalue weighted by Crippen LogP contribution is 2.24. The highest BCUT2D eigenvalue weighted by atomic mass is 32.2. The van der Waals surface area contributed by atoms with Crippen LogP contribution >= 0.6 is 11.8 Å². The molecule has 0 saturated heterocycles. The normalized spacial score (nSPS) is 11.1. The van der Waals surface area contributed by atoms with Gasteiger partial charge in [-0.1, -0.05) is 77.6 Å². The molecule has 5 aromatic rings. The molecule has 0 atom stereocenters. The molecule has 0 radical (unpaired) electrons. The minimum atomic E-state index is -0.0768. The Balaban J connectivity index is 1.45. The van der Waals surface area contributed by atoms with Crippen molar-refractivity contribution in [3.05, 3.63) is 113 Å². The zero-order valence-corrected chi connectivity index (χ0v) is 17.4. The number of thioether (sulfide) groups is 1. The van der Waals surface area contributed by atoms with E-state index in [2.05, 4.69) is 22.4 Å². The zero-order chi connectivity index (χ0) is 21.0. The molecule has 0 N–H and O–H groups in total. The van der Waals surface area contributed by atoms with Gasteiger partial charge < -0.3 is 0 Å². The van der Waals surface area contributed by atoms with Crippen molar-refractivity contribution in [3.8, 4) is 5.69 Å². The van der Waals surface area contributed by atoms with Crippen LogP contribution in [0.1, 0.15) is 11.3 Å². The maximum Gasteiger partial charge on any atom is 0.266 e. The van der Waals surface area contributed by atoms with E-state index in [4.69, 9.17) is 4.98 Å². The third kappa shape index (κ3) is 4.13. The summed E-state index contributed by atoms with van der Waals surface area (Å²) in [6.45, 7) is 0.668. The van der Waals surface area contributed by atoms with Crippen LogP contribution in [0.2, 0.25) is 0 Å². The molecule has 6 nitrogen and oxygen atoms in total. The number of fused-ring (bicyclic) bond motifs is 1. The van der Waals surface area contributed by atoms with Gasteiger partial charge in [-0.2, -0.15) is 0 Å². The molecule has 0 bridgehead atoms. The van der Waals surface area contributed by atoms with Gasteiger partial charge in [-0.15, -0.1) is 5.10 Å². The highest BCUT2D eigenvalue weighted by molar-refractivity contribution is 7.98. The van der Waals surface area contributed by atoms with E-state index in [1.807, 2.05) is 83.7 Å². The molecule has 152 valence electrons. The molecule has 0 unspecified atom stereocenters. The Morgan fingerprint density at radius 1 is 0.839 bits per heavy atom.